The van der Waals surface area contributed by atoms with E-state index in [1.54, 1.807) is 11.9 Å². The van der Waals surface area contributed by atoms with E-state index in [-0.39, 0.29) is 11.8 Å². The summed E-state index contributed by atoms with van der Waals surface area (Å²) < 4.78 is 0. The Kier molecular flexibility index (Phi) is 3.60. The first-order chi connectivity index (χ1) is 5.75. The summed E-state index contributed by atoms with van der Waals surface area (Å²) in [5.41, 5.74) is 1.13. The highest BCUT2D eigenvalue weighted by Gasteiger charge is 2.13. The summed E-state index contributed by atoms with van der Waals surface area (Å²) >= 11 is 5.45. The fourth-order valence-corrected chi connectivity index (χ4v) is 1.55. The normalized spacial score (nSPS) is 17.0. The lowest BCUT2D eigenvalue weighted by Crippen LogP contribution is -2.27. The number of hydrogen-bond donors (Lipinski definition) is 0. The topological polar surface area (TPSA) is 20.3 Å². The number of alkyl halides is 1. The molecule has 0 N–H and O–H groups in total. The van der Waals surface area contributed by atoms with Crippen molar-refractivity contribution in [3.05, 3.63) is 11.8 Å². The minimum atomic E-state index is -0.00943. The molecule has 0 atom stereocenters. The van der Waals surface area contributed by atoms with E-state index in [9.17, 15) is 4.79 Å². The zero-order chi connectivity index (χ0) is 8.97. The van der Waals surface area contributed by atoms with Gasteiger partial charge in [-0.3, -0.25) is 4.79 Å². The van der Waals surface area contributed by atoms with Crippen molar-refractivity contribution in [2.24, 2.45) is 0 Å². The summed E-state index contributed by atoms with van der Waals surface area (Å²) in [5, 5.41) is 0. The average Bonchev–Trinajstić information content (AvgIpc) is 2.17. The maximum Gasteiger partial charge on any atom is 0.241 e. The monoisotopic (exact) mass is 187 g/mol. The average molecular weight is 188 g/mol. The standard InChI is InChI=1S/C9H14ClNO/c1-11(9(12)7-10)8-5-3-2-4-6-8/h5H,2-4,6-7H2,1H3. The van der Waals surface area contributed by atoms with Crippen molar-refractivity contribution in [2.75, 3.05) is 12.9 Å². The minimum absolute atomic E-state index is 0.00943. The van der Waals surface area contributed by atoms with Gasteiger partial charge in [-0.1, -0.05) is 6.08 Å². The van der Waals surface area contributed by atoms with Crippen LogP contribution in [0.4, 0.5) is 0 Å². The highest BCUT2D eigenvalue weighted by Crippen LogP contribution is 2.19. The lowest BCUT2D eigenvalue weighted by molar-refractivity contribution is -0.125. The van der Waals surface area contributed by atoms with E-state index in [4.69, 9.17) is 11.6 Å². The van der Waals surface area contributed by atoms with Gasteiger partial charge in [0, 0.05) is 12.7 Å². The van der Waals surface area contributed by atoms with Crippen molar-refractivity contribution >= 4 is 17.5 Å². The van der Waals surface area contributed by atoms with E-state index in [1.807, 2.05) is 0 Å². The Morgan fingerprint density at radius 3 is 2.92 bits per heavy atom. The van der Waals surface area contributed by atoms with Gasteiger partial charge in [0.2, 0.25) is 5.91 Å². The van der Waals surface area contributed by atoms with E-state index in [0.29, 0.717) is 0 Å². The number of hydrogen-bond acceptors (Lipinski definition) is 1. The van der Waals surface area contributed by atoms with E-state index in [0.717, 1.165) is 18.5 Å². The number of halogens is 1. The van der Waals surface area contributed by atoms with Crippen molar-refractivity contribution in [1.29, 1.82) is 0 Å². The SMILES string of the molecule is CN(C(=O)CCl)C1=CCCCC1. The van der Waals surface area contributed by atoms with Gasteiger partial charge in [-0.05, 0) is 25.7 Å². The van der Waals surface area contributed by atoms with Gasteiger partial charge in [0.1, 0.15) is 5.88 Å². The Labute approximate surface area is 78.2 Å². The Morgan fingerprint density at radius 1 is 1.67 bits per heavy atom. The first-order valence-electron chi connectivity index (χ1n) is 4.27. The van der Waals surface area contributed by atoms with Gasteiger partial charge in [0.05, 0.1) is 0 Å². The fourth-order valence-electron chi connectivity index (χ4n) is 1.38. The van der Waals surface area contributed by atoms with Crippen LogP contribution < -0.4 is 0 Å². The molecule has 68 valence electrons. The number of nitrogens with zero attached hydrogens (tertiary/aromatic N) is 1. The van der Waals surface area contributed by atoms with E-state index in [1.165, 1.54) is 12.8 Å². The summed E-state index contributed by atoms with van der Waals surface area (Å²) in [7, 11) is 1.79. The second-order valence-corrected chi connectivity index (χ2v) is 3.29. The van der Waals surface area contributed by atoms with Gasteiger partial charge in [-0.25, -0.2) is 0 Å². The van der Waals surface area contributed by atoms with Crippen molar-refractivity contribution in [3.8, 4) is 0 Å². The minimum Gasteiger partial charge on any atom is -0.319 e. The van der Waals surface area contributed by atoms with Crippen molar-refractivity contribution in [2.45, 2.75) is 25.7 Å². The molecule has 0 saturated heterocycles. The van der Waals surface area contributed by atoms with Crippen LogP contribution in [0.5, 0.6) is 0 Å². The number of amides is 1. The largest absolute Gasteiger partial charge is 0.319 e. The summed E-state index contributed by atoms with van der Waals surface area (Å²) in [6.07, 6.45) is 6.67. The number of rotatable bonds is 2. The smallest absolute Gasteiger partial charge is 0.241 e. The molecule has 0 fully saturated rings. The Morgan fingerprint density at radius 2 is 2.42 bits per heavy atom. The summed E-state index contributed by atoms with van der Waals surface area (Å²) in [5.74, 6) is 0.0678. The molecule has 0 aromatic heterocycles. The molecule has 0 heterocycles. The van der Waals surface area contributed by atoms with Crippen LogP contribution in [0.1, 0.15) is 25.7 Å². The molecule has 0 aromatic rings. The third kappa shape index (κ3) is 2.24. The van der Waals surface area contributed by atoms with Gasteiger partial charge < -0.3 is 4.90 Å². The zero-order valence-electron chi connectivity index (χ0n) is 7.35. The van der Waals surface area contributed by atoms with Crippen LogP contribution in [0.15, 0.2) is 11.8 Å². The molecule has 0 spiro atoms. The van der Waals surface area contributed by atoms with E-state index >= 15 is 0 Å². The van der Waals surface area contributed by atoms with Crippen molar-refractivity contribution in [1.82, 2.24) is 4.90 Å². The molecule has 0 saturated carbocycles. The van der Waals surface area contributed by atoms with Crippen LogP contribution >= 0.6 is 11.6 Å². The molecule has 2 nitrogen and oxygen atoms in total. The Bertz CT molecular complexity index is 201. The molecule has 0 unspecified atom stereocenters. The van der Waals surface area contributed by atoms with Crippen LogP contribution in [-0.2, 0) is 4.79 Å². The number of carbonyl (C=O) groups excluding carboxylic acids is 1. The van der Waals surface area contributed by atoms with Gasteiger partial charge in [-0.2, -0.15) is 0 Å². The summed E-state index contributed by atoms with van der Waals surface area (Å²) in [6.45, 7) is 0. The first kappa shape index (κ1) is 9.59. The molecule has 3 heteroatoms. The lowest BCUT2D eigenvalue weighted by atomic mass is 10.0. The molecule has 1 amide bonds. The molecule has 0 radical (unpaired) electrons. The van der Waals surface area contributed by atoms with Crippen LogP contribution in [0.25, 0.3) is 0 Å². The van der Waals surface area contributed by atoms with Gasteiger partial charge in [0.25, 0.3) is 0 Å². The van der Waals surface area contributed by atoms with E-state index in [2.05, 4.69) is 6.08 Å². The highest BCUT2D eigenvalue weighted by molar-refractivity contribution is 6.27. The quantitative estimate of drug-likeness (QED) is 0.607. The van der Waals surface area contributed by atoms with Crippen LogP contribution in [0.2, 0.25) is 0 Å². The lowest BCUT2D eigenvalue weighted by Gasteiger charge is -2.22. The Balaban J connectivity index is 2.56. The third-order valence-electron chi connectivity index (χ3n) is 2.19. The number of allylic oxidation sites excluding steroid dienone is 2. The summed E-state index contributed by atoms with van der Waals surface area (Å²) in [6, 6.07) is 0. The molecule has 1 aliphatic rings. The first-order valence-corrected chi connectivity index (χ1v) is 4.80. The summed E-state index contributed by atoms with van der Waals surface area (Å²) in [4.78, 5) is 12.8. The number of carbonyl (C=O) groups is 1. The Hall–Kier alpha value is -0.500. The molecular weight excluding hydrogens is 174 g/mol. The molecule has 0 aromatic carbocycles. The second kappa shape index (κ2) is 4.51. The molecule has 1 rings (SSSR count). The molecule has 0 bridgehead atoms. The van der Waals surface area contributed by atoms with Crippen LogP contribution in [-0.4, -0.2) is 23.7 Å². The molecular formula is C9H14ClNO. The van der Waals surface area contributed by atoms with Crippen molar-refractivity contribution < 1.29 is 4.79 Å². The maximum absolute atomic E-state index is 11.2. The predicted octanol–water partition coefficient (Wildman–Crippen LogP) is 2.14. The predicted molar refractivity (Wildman–Crippen MR) is 50.0 cm³/mol. The van der Waals surface area contributed by atoms with Gasteiger partial charge in [-0.15, -0.1) is 11.6 Å². The fraction of sp³-hybridized carbons (Fsp3) is 0.667. The molecule has 1 aliphatic carbocycles. The van der Waals surface area contributed by atoms with E-state index < -0.39 is 0 Å². The second-order valence-electron chi connectivity index (χ2n) is 3.03. The third-order valence-corrected chi connectivity index (χ3v) is 2.41. The van der Waals surface area contributed by atoms with Gasteiger partial charge >= 0.3 is 0 Å². The van der Waals surface area contributed by atoms with Crippen molar-refractivity contribution in [3.63, 3.8) is 0 Å². The van der Waals surface area contributed by atoms with Crippen LogP contribution in [0, 0.1) is 0 Å². The maximum atomic E-state index is 11.2. The van der Waals surface area contributed by atoms with Crippen LogP contribution in [0.3, 0.4) is 0 Å². The van der Waals surface area contributed by atoms with Gasteiger partial charge in [0.15, 0.2) is 0 Å². The zero-order valence-corrected chi connectivity index (χ0v) is 8.10. The molecule has 0 aliphatic heterocycles. The molecule has 12 heavy (non-hydrogen) atoms. The highest BCUT2D eigenvalue weighted by atomic mass is 35.5.